The van der Waals surface area contributed by atoms with Crippen molar-refractivity contribution in [2.45, 2.75) is 95.7 Å². The second kappa shape index (κ2) is 15.4. The van der Waals surface area contributed by atoms with Gasteiger partial charge in [0.2, 0.25) is 0 Å². The van der Waals surface area contributed by atoms with Crippen molar-refractivity contribution in [1.82, 2.24) is 0 Å². The molecule has 0 aromatic rings. The minimum Gasteiger partial charge on any atom is -0.463 e. The van der Waals surface area contributed by atoms with Crippen LogP contribution in [0.4, 0.5) is 4.39 Å². The Labute approximate surface area is 200 Å². The summed E-state index contributed by atoms with van der Waals surface area (Å²) < 4.78 is 25.7. The number of allylic oxidation sites excluding steroid dienone is 1. The highest BCUT2D eigenvalue weighted by Crippen LogP contribution is 2.46. The molecule has 3 aliphatic rings. The maximum atomic E-state index is 15.1. The zero-order valence-electron chi connectivity index (χ0n) is 20.6. The summed E-state index contributed by atoms with van der Waals surface area (Å²) in [6.45, 7) is 7.03. The number of hydrogen-bond donors (Lipinski definition) is 0. The molecule has 0 aromatic carbocycles. The highest BCUT2D eigenvalue weighted by atomic mass is 19.1. The lowest BCUT2D eigenvalue weighted by atomic mass is 9.64. The van der Waals surface area contributed by atoms with E-state index in [9.17, 15) is 4.79 Å². The Balaban J connectivity index is 0.000000890. The van der Waals surface area contributed by atoms with E-state index in [0.29, 0.717) is 36.8 Å². The Morgan fingerprint density at radius 3 is 2.09 bits per heavy atom. The third kappa shape index (κ3) is 9.35. The summed E-state index contributed by atoms with van der Waals surface area (Å²) in [5, 5.41) is 0. The van der Waals surface area contributed by atoms with Crippen molar-refractivity contribution in [2.75, 3.05) is 13.7 Å². The molecule has 3 atom stereocenters. The SMILES string of the molecule is C=CC(=O)OCCCC1CCC(C2CCC(C3CCC(OC)CC3)C(F)C2)CC1.C=CC=O. The first-order valence-corrected chi connectivity index (χ1v) is 13.0. The number of halogens is 1. The smallest absolute Gasteiger partial charge is 0.330 e. The molecule has 3 saturated carbocycles. The molecule has 3 fully saturated rings. The zero-order valence-corrected chi connectivity index (χ0v) is 20.6. The lowest BCUT2D eigenvalue weighted by molar-refractivity contribution is -0.137. The Bertz CT molecular complexity index is 585. The van der Waals surface area contributed by atoms with Gasteiger partial charge >= 0.3 is 5.97 Å². The van der Waals surface area contributed by atoms with E-state index in [-0.39, 0.29) is 5.97 Å². The predicted molar refractivity (Wildman–Crippen MR) is 131 cm³/mol. The van der Waals surface area contributed by atoms with Crippen molar-refractivity contribution >= 4 is 12.3 Å². The molecule has 0 aliphatic heterocycles. The standard InChI is InChI=1S/C25H41FO3.C3H4O/c1-3-25(27)29-16-4-5-18-6-8-19(9-7-18)21-12-15-23(24(26)17-21)20-10-13-22(28-2)14-11-20;1-2-3-4/h3,18-24H,1,4-17H2,2H3;2-3H,1H2. The van der Waals surface area contributed by atoms with Gasteiger partial charge in [-0.2, -0.15) is 0 Å². The molecule has 0 heterocycles. The van der Waals surface area contributed by atoms with Gasteiger partial charge in [-0.15, -0.1) is 0 Å². The summed E-state index contributed by atoms with van der Waals surface area (Å²) in [6, 6.07) is 0. The maximum absolute atomic E-state index is 15.1. The first kappa shape index (κ1) is 27.8. The van der Waals surface area contributed by atoms with Crippen LogP contribution in [0.3, 0.4) is 0 Å². The van der Waals surface area contributed by atoms with Crippen LogP contribution in [0.15, 0.2) is 25.3 Å². The molecule has 0 bridgehead atoms. The van der Waals surface area contributed by atoms with Crippen LogP contribution in [-0.4, -0.2) is 38.2 Å². The quantitative estimate of drug-likeness (QED) is 0.166. The average Bonchev–Trinajstić information content (AvgIpc) is 2.87. The Morgan fingerprint density at radius 2 is 1.55 bits per heavy atom. The number of ether oxygens (including phenoxy) is 2. The molecule has 0 aromatic heterocycles. The highest BCUT2D eigenvalue weighted by Gasteiger charge is 2.40. The van der Waals surface area contributed by atoms with Gasteiger partial charge in [0.15, 0.2) is 0 Å². The van der Waals surface area contributed by atoms with E-state index in [1.165, 1.54) is 44.3 Å². The van der Waals surface area contributed by atoms with E-state index >= 15 is 4.39 Å². The van der Waals surface area contributed by atoms with Gasteiger partial charge in [-0.05, 0) is 106 Å². The maximum Gasteiger partial charge on any atom is 0.330 e. The van der Waals surface area contributed by atoms with Crippen LogP contribution in [0, 0.1) is 29.6 Å². The summed E-state index contributed by atoms with van der Waals surface area (Å²) in [5.41, 5.74) is 0. The molecule has 33 heavy (non-hydrogen) atoms. The van der Waals surface area contributed by atoms with Gasteiger partial charge in [0.05, 0.1) is 12.7 Å². The highest BCUT2D eigenvalue weighted by molar-refractivity contribution is 5.81. The van der Waals surface area contributed by atoms with Gasteiger partial charge < -0.3 is 9.47 Å². The molecular weight excluding hydrogens is 419 g/mol. The number of methoxy groups -OCH3 is 1. The Hall–Kier alpha value is -1.49. The third-order valence-electron chi connectivity index (χ3n) is 8.34. The van der Waals surface area contributed by atoms with Crippen molar-refractivity contribution in [3.05, 3.63) is 25.3 Å². The first-order chi connectivity index (χ1) is 16.0. The summed E-state index contributed by atoms with van der Waals surface area (Å²) in [7, 11) is 1.81. The predicted octanol–water partition coefficient (Wildman–Crippen LogP) is 6.63. The molecule has 3 aliphatic carbocycles. The van der Waals surface area contributed by atoms with Gasteiger partial charge in [-0.25, -0.2) is 9.18 Å². The van der Waals surface area contributed by atoms with Crippen molar-refractivity contribution in [1.29, 1.82) is 0 Å². The van der Waals surface area contributed by atoms with Crippen LogP contribution >= 0.6 is 0 Å². The van der Waals surface area contributed by atoms with Gasteiger partial charge in [-0.1, -0.05) is 26.0 Å². The molecule has 0 spiro atoms. The van der Waals surface area contributed by atoms with Gasteiger partial charge in [0, 0.05) is 13.2 Å². The molecule has 3 rings (SSSR count). The van der Waals surface area contributed by atoms with Gasteiger partial charge in [-0.3, -0.25) is 4.79 Å². The number of carbonyl (C=O) groups is 2. The van der Waals surface area contributed by atoms with Crippen LogP contribution in [0.5, 0.6) is 0 Å². The van der Waals surface area contributed by atoms with Crippen LogP contribution in [0.25, 0.3) is 0 Å². The minimum atomic E-state index is -0.588. The minimum absolute atomic E-state index is 0.304. The third-order valence-corrected chi connectivity index (χ3v) is 8.34. The van der Waals surface area contributed by atoms with Crippen LogP contribution in [0.2, 0.25) is 0 Å². The Kier molecular flexibility index (Phi) is 13.0. The normalized spacial score (nSPS) is 34.3. The summed E-state index contributed by atoms with van der Waals surface area (Å²) >= 11 is 0. The monoisotopic (exact) mass is 464 g/mol. The number of carbonyl (C=O) groups excluding carboxylic acids is 2. The fourth-order valence-corrected chi connectivity index (χ4v) is 6.43. The van der Waals surface area contributed by atoms with E-state index in [1.54, 1.807) is 7.11 Å². The van der Waals surface area contributed by atoms with Crippen molar-refractivity contribution in [2.24, 2.45) is 29.6 Å². The zero-order chi connectivity index (χ0) is 24.1. The van der Waals surface area contributed by atoms with Crippen molar-refractivity contribution < 1.29 is 23.5 Å². The van der Waals surface area contributed by atoms with Crippen LogP contribution < -0.4 is 0 Å². The van der Waals surface area contributed by atoms with E-state index in [1.807, 2.05) is 0 Å². The van der Waals surface area contributed by atoms with Crippen molar-refractivity contribution in [3.63, 3.8) is 0 Å². The molecule has 5 heteroatoms. The molecule has 3 unspecified atom stereocenters. The molecule has 4 nitrogen and oxygen atoms in total. The topological polar surface area (TPSA) is 52.6 Å². The lowest BCUT2D eigenvalue weighted by Crippen LogP contribution is -2.37. The number of esters is 1. The molecule has 0 saturated heterocycles. The van der Waals surface area contributed by atoms with Gasteiger partial charge in [0.1, 0.15) is 12.5 Å². The molecule has 0 radical (unpaired) electrons. The number of aldehydes is 1. The summed E-state index contributed by atoms with van der Waals surface area (Å²) in [4.78, 5) is 20.1. The summed E-state index contributed by atoms with van der Waals surface area (Å²) in [6.07, 6.45) is 17.7. The molecule has 0 amide bonds. The second-order valence-corrected chi connectivity index (χ2v) is 10.2. The molecule has 188 valence electrons. The molecule has 0 N–H and O–H groups in total. The summed E-state index contributed by atoms with van der Waals surface area (Å²) in [5.74, 6) is 2.65. The van der Waals surface area contributed by atoms with Crippen LogP contribution in [0.1, 0.15) is 83.5 Å². The lowest BCUT2D eigenvalue weighted by Gasteiger charge is -2.43. The average molecular weight is 465 g/mol. The van der Waals surface area contributed by atoms with E-state index in [0.717, 1.165) is 63.2 Å². The fourth-order valence-electron chi connectivity index (χ4n) is 6.43. The second-order valence-electron chi connectivity index (χ2n) is 10.2. The largest absolute Gasteiger partial charge is 0.463 e. The van der Waals surface area contributed by atoms with Crippen molar-refractivity contribution in [3.8, 4) is 0 Å². The molecular formula is C28H45FO4. The van der Waals surface area contributed by atoms with Gasteiger partial charge in [0.25, 0.3) is 0 Å². The van der Waals surface area contributed by atoms with E-state index in [4.69, 9.17) is 14.3 Å². The van der Waals surface area contributed by atoms with E-state index in [2.05, 4.69) is 13.2 Å². The van der Waals surface area contributed by atoms with E-state index < -0.39 is 6.17 Å². The number of alkyl halides is 1. The Morgan fingerprint density at radius 1 is 0.939 bits per heavy atom. The van der Waals surface area contributed by atoms with Crippen LogP contribution in [-0.2, 0) is 19.1 Å². The fraction of sp³-hybridized carbons (Fsp3) is 0.786. The number of hydrogen-bond acceptors (Lipinski definition) is 4. The first-order valence-electron chi connectivity index (χ1n) is 13.0. The number of rotatable bonds is 9.